The van der Waals surface area contributed by atoms with Gasteiger partial charge in [0, 0.05) is 54.2 Å². The van der Waals surface area contributed by atoms with E-state index in [0.29, 0.717) is 0 Å². The maximum atomic E-state index is 4.05. The zero-order chi connectivity index (χ0) is 42.7. The van der Waals surface area contributed by atoms with E-state index in [0.717, 1.165) is 18.7 Å². The number of nitrogens with one attached hydrogen (secondary N) is 1. The van der Waals surface area contributed by atoms with E-state index >= 15 is 0 Å². The van der Waals surface area contributed by atoms with E-state index in [-0.39, 0.29) is 5.41 Å². The summed E-state index contributed by atoms with van der Waals surface area (Å²) in [7, 11) is 0.806. The van der Waals surface area contributed by atoms with Gasteiger partial charge < -0.3 is 10.2 Å². The fraction of sp³-hybridized carbons (Fsp3) is 0.0667. The van der Waals surface area contributed by atoms with Gasteiger partial charge in [-0.2, -0.15) is 0 Å². The zero-order valence-corrected chi connectivity index (χ0v) is 36.9. The summed E-state index contributed by atoms with van der Waals surface area (Å²) in [4.78, 5) is 2.58. The minimum absolute atomic E-state index is 0.0992. The van der Waals surface area contributed by atoms with Crippen LogP contribution in [0.3, 0.4) is 0 Å². The van der Waals surface area contributed by atoms with Crippen molar-refractivity contribution in [2.45, 2.75) is 26.2 Å². The highest BCUT2D eigenvalue weighted by molar-refractivity contribution is 7.25. The predicted octanol–water partition coefficient (Wildman–Crippen LogP) is 15.2. The van der Waals surface area contributed by atoms with Crippen molar-refractivity contribution in [3.63, 3.8) is 0 Å². The number of benzene rings is 10. The van der Waals surface area contributed by atoms with Gasteiger partial charge in [0.15, 0.2) is 7.28 Å². The molecule has 1 aromatic heterocycles. The van der Waals surface area contributed by atoms with Crippen LogP contribution in [0.5, 0.6) is 0 Å². The lowest BCUT2D eigenvalue weighted by atomic mass is 9.57. The van der Waals surface area contributed by atoms with Gasteiger partial charge in [-0.25, -0.2) is 0 Å². The van der Waals surface area contributed by atoms with E-state index in [1.54, 1.807) is 0 Å². The molecule has 0 bridgehead atoms. The first-order valence-electron chi connectivity index (χ1n) is 22.4. The second kappa shape index (κ2) is 14.1. The summed E-state index contributed by atoms with van der Waals surface area (Å²) in [5.74, 6) is 0. The van der Waals surface area contributed by atoms with Crippen molar-refractivity contribution in [2.75, 3.05) is 10.2 Å². The molecule has 2 nitrogen and oxygen atoms in total. The van der Waals surface area contributed by atoms with Crippen LogP contribution < -0.4 is 21.1 Å². The van der Waals surface area contributed by atoms with Crippen LogP contribution >= 0.6 is 11.3 Å². The lowest BCUT2D eigenvalue weighted by molar-refractivity contribution is 0.660. The van der Waals surface area contributed by atoms with Gasteiger partial charge in [-0.1, -0.05) is 159 Å². The molecule has 0 spiro atoms. The molecule has 2 aliphatic rings. The maximum absolute atomic E-state index is 4.05. The highest BCUT2D eigenvalue weighted by Gasteiger charge is 2.36. The molecular formula is C60H43BN2S. The van der Waals surface area contributed by atoms with Gasteiger partial charge in [0.25, 0.3) is 0 Å². The number of anilines is 5. The Morgan fingerprint density at radius 2 is 1.20 bits per heavy atom. The molecule has 0 saturated carbocycles. The minimum atomic E-state index is -0.0992. The Morgan fingerprint density at radius 1 is 0.484 bits per heavy atom. The van der Waals surface area contributed by atoms with Crippen molar-refractivity contribution in [3.05, 3.63) is 211 Å². The van der Waals surface area contributed by atoms with Crippen LogP contribution in [-0.2, 0) is 5.41 Å². The predicted molar refractivity (Wildman–Crippen MR) is 278 cm³/mol. The fourth-order valence-corrected chi connectivity index (χ4v) is 12.1. The lowest BCUT2D eigenvalue weighted by Gasteiger charge is -2.36. The average Bonchev–Trinajstić information content (AvgIpc) is 3.80. The molecule has 0 radical (unpaired) electrons. The van der Waals surface area contributed by atoms with Gasteiger partial charge >= 0.3 is 0 Å². The molecule has 0 unspecified atom stereocenters. The standard InChI is InChI=1S/C60H43BN2S/c1-36-29-40(37-15-5-4-6-16-37)25-28-53(36)63-54-35-57-47(46-22-12-14-24-56(46)64-57)34-51(54)61-59-55(63)32-41-19-9-10-20-43(41)58(59)48-30-38-17-7-8-18-39(38)31-52(48)62-42-26-27-45-44-21-11-13-23-49(44)60(2,3)50(45)33-42/h4-35,61-62H,1-3H3. The Hall–Kier alpha value is -7.40. The molecule has 0 amide bonds. The van der Waals surface area contributed by atoms with Crippen molar-refractivity contribution in [3.8, 4) is 33.4 Å². The molecule has 0 saturated heterocycles. The summed E-state index contributed by atoms with van der Waals surface area (Å²) in [5.41, 5.74) is 20.0. The molecule has 11 aromatic rings. The lowest BCUT2D eigenvalue weighted by Crippen LogP contribution is -2.41. The minimum Gasteiger partial charge on any atom is -0.355 e. The number of aryl methyl sites for hydroxylation is 1. The molecular weight excluding hydrogens is 792 g/mol. The molecule has 0 fully saturated rings. The first-order valence-corrected chi connectivity index (χ1v) is 23.2. The topological polar surface area (TPSA) is 15.3 Å². The van der Waals surface area contributed by atoms with Crippen LogP contribution in [0.25, 0.3) is 75.1 Å². The number of hydrogen-bond donors (Lipinski definition) is 1. The van der Waals surface area contributed by atoms with Crippen LogP contribution in [0, 0.1) is 6.92 Å². The van der Waals surface area contributed by atoms with Crippen molar-refractivity contribution in [1.82, 2.24) is 0 Å². The van der Waals surface area contributed by atoms with Crippen LogP contribution in [0.2, 0.25) is 0 Å². The van der Waals surface area contributed by atoms with E-state index in [1.807, 2.05) is 11.3 Å². The Balaban J connectivity index is 1.06. The van der Waals surface area contributed by atoms with Gasteiger partial charge in [-0.15, -0.1) is 11.3 Å². The van der Waals surface area contributed by atoms with Crippen molar-refractivity contribution >= 4 is 99.7 Å². The summed E-state index contributed by atoms with van der Waals surface area (Å²) >= 11 is 1.89. The molecule has 1 aliphatic carbocycles. The monoisotopic (exact) mass is 834 g/mol. The molecule has 13 rings (SSSR count). The highest BCUT2D eigenvalue weighted by Crippen LogP contribution is 2.51. The first-order chi connectivity index (χ1) is 31.4. The molecule has 302 valence electrons. The summed E-state index contributed by atoms with van der Waals surface area (Å²) in [6, 6.07) is 72.5. The number of fused-ring (bicyclic) bond motifs is 10. The second-order valence-corrected chi connectivity index (χ2v) is 19.3. The summed E-state index contributed by atoms with van der Waals surface area (Å²) < 4.78 is 2.64. The third-order valence-electron chi connectivity index (χ3n) is 14.1. The molecule has 1 N–H and O–H groups in total. The quantitative estimate of drug-likeness (QED) is 0.174. The van der Waals surface area contributed by atoms with E-state index in [4.69, 9.17) is 0 Å². The third-order valence-corrected chi connectivity index (χ3v) is 15.3. The third kappa shape index (κ3) is 5.65. The van der Waals surface area contributed by atoms with E-state index in [2.05, 4.69) is 225 Å². The van der Waals surface area contributed by atoms with Crippen LogP contribution in [0.4, 0.5) is 28.4 Å². The maximum Gasteiger partial charge on any atom is 0.198 e. The Bertz CT molecular complexity index is 3730. The Labute approximate surface area is 378 Å². The number of hydrogen-bond acceptors (Lipinski definition) is 3. The van der Waals surface area contributed by atoms with E-state index < -0.39 is 0 Å². The van der Waals surface area contributed by atoms with Crippen molar-refractivity contribution < 1.29 is 0 Å². The Morgan fingerprint density at radius 3 is 2.05 bits per heavy atom. The fourth-order valence-electron chi connectivity index (χ4n) is 11.0. The van der Waals surface area contributed by atoms with Crippen LogP contribution in [0.1, 0.15) is 30.5 Å². The summed E-state index contributed by atoms with van der Waals surface area (Å²) in [6.45, 7) is 6.99. The number of nitrogens with zero attached hydrogens (tertiary/aromatic N) is 1. The van der Waals surface area contributed by atoms with Crippen molar-refractivity contribution in [2.24, 2.45) is 0 Å². The van der Waals surface area contributed by atoms with Crippen LogP contribution in [-0.4, -0.2) is 7.28 Å². The van der Waals surface area contributed by atoms with Gasteiger partial charge in [0.05, 0.1) is 0 Å². The SMILES string of the molecule is Cc1cc(-c2ccccc2)ccc1N1c2cc3sc4ccccc4c3cc2Bc2c1cc1ccccc1c2-c1cc2ccccc2cc1Nc1ccc2c(c1)C(C)(C)c1ccccc1-2. The second-order valence-electron chi connectivity index (χ2n) is 18.2. The molecule has 0 atom stereocenters. The average molecular weight is 835 g/mol. The van der Waals surface area contributed by atoms with Gasteiger partial charge in [-0.05, 0) is 138 Å². The molecule has 4 heteroatoms. The van der Waals surface area contributed by atoms with E-state index in [9.17, 15) is 0 Å². The van der Waals surface area contributed by atoms with Gasteiger partial charge in [-0.3, -0.25) is 0 Å². The molecule has 1 aliphatic heterocycles. The normalized spacial score (nSPS) is 13.5. The summed E-state index contributed by atoms with van der Waals surface area (Å²) in [6.07, 6.45) is 0. The van der Waals surface area contributed by atoms with E-state index in [1.165, 1.54) is 120 Å². The number of rotatable bonds is 5. The highest BCUT2D eigenvalue weighted by atomic mass is 32.1. The van der Waals surface area contributed by atoms with Crippen LogP contribution in [0.15, 0.2) is 194 Å². The molecule has 2 heterocycles. The van der Waals surface area contributed by atoms with Crippen molar-refractivity contribution in [1.29, 1.82) is 0 Å². The molecule has 10 aromatic carbocycles. The smallest absolute Gasteiger partial charge is 0.198 e. The first kappa shape index (κ1) is 37.2. The largest absolute Gasteiger partial charge is 0.355 e. The van der Waals surface area contributed by atoms with Gasteiger partial charge in [0.1, 0.15) is 0 Å². The Kier molecular flexibility index (Phi) is 8.17. The number of thiophene rings is 1. The zero-order valence-electron chi connectivity index (χ0n) is 36.0. The summed E-state index contributed by atoms with van der Waals surface area (Å²) in [5, 5.41) is 11.6. The van der Waals surface area contributed by atoms with Gasteiger partial charge in [0.2, 0.25) is 0 Å². The molecule has 64 heavy (non-hydrogen) atoms.